The zero-order chi connectivity index (χ0) is 24.3. The Labute approximate surface area is 204 Å². The minimum atomic E-state index is -0.175. The van der Waals surface area contributed by atoms with Crippen molar-refractivity contribution in [3.05, 3.63) is 101 Å². The van der Waals surface area contributed by atoms with Gasteiger partial charge in [-0.1, -0.05) is 87.5 Å². The topological polar surface area (TPSA) is 32.8 Å². The SMILES string of the molecule is COc1ccc(CCN2C(=O)[C@H](Cc3ccccc3)N(C)[C@H]2c2ccc(C(C)(C)C)cc2)cc1. The third kappa shape index (κ3) is 5.18. The molecule has 0 saturated carbocycles. The molecular weight excluding hydrogens is 420 g/mol. The van der Waals surface area contributed by atoms with E-state index in [9.17, 15) is 4.79 Å². The summed E-state index contributed by atoms with van der Waals surface area (Å²) in [6.45, 7) is 7.35. The summed E-state index contributed by atoms with van der Waals surface area (Å²) in [6.07, 6.45) is 1.44. The summed E-state index contributed by atoms with van der Waals surface area (Å²) in [5.74, 6) is 1.05. The van der Waals surface area contributed by atoms with Crippen LogP contribution in [0, 0.1) is 0 Å². The molecule has 0 aliphatic carbocycles. The number of methoxy groups -OCH3 is 1. The number of nitrogens with zero attached hydrogens (tertiary/aromatic N) is 2. The van der Waals surface area contributed by atoms with Gasteiger partial charge in [-0.05, 0) is 59.7 Å². The van der Waals surface area contributed by atoms with Crippen molar-refractivity contribution in [1.82, 2.24) is 9.80 Å². The van der Waals surface area contributed by atoms with Gasteiger partial charge in [0.2, 0.25) is 5.91 Å². The molecule has 2 atom stereocenters. The minimum Gasteiger partial charge on any atom is -0.497 e. The lowest BCUT2D eigenvalue weighted by atomic mass is 9.86. The summed E-state index contributed by atoms with van der Waals surface area (Å²) in [5, 5.41) is 0. The van der Waals surface area contributed by atoms with Crippen LogP contribution in [0.1, 0.15) is 49.2 Å². The maximum Gasteiger partial charge on any atom is 0.241 e. The van der Waals surface area contributed by atoms with Gasteiger partial charge < -0.3 is 9.64 Å². The predicted molar refractivity (Wildman–Crippen MR) is 138 cm³/mol. The van der Waals surface area contributed by atoms with Crippen LogP contribution in [-0.2, 0) is 23.1 Å². The Morgan fingerprint density at radius 1 is 0.853 bits per heavy atom. The van der Waals surface area contributed by atoms with Crippen LogP contribution in [-0.4, -0.2) is 42.5 Å². The van der Waals surface area contributed by atoms with E-state index >= 15 is 0 Å². The van der Waals surface area contributed by atoms with Gasteiger partial charge >= 0.3 is 0 Å². The summed E-state index contributed by atoms with van der Waals surface area (Å²) in [5.41, 5.74) is 4.94. The molecule has 34 heavy (non-hydrogen) atoms. The highest BCUT2D eigenvalue weighted by Crippen LogP contribution is 2.35. The van der Waals surface area contributed by atoms with Crippen molar-refractivity contribution in [3.63, 3.8) is 0 Å². The zero-order valence-corrected chi connectivity index (χ0v) is 21.0. The molecule has 1 amide bonds. The Kier molecular flexibility index (Phi) is 7.08. The Hall–Kier alpha value is -3.11. The second kappa shape index (κ2) is 10.0. The van der Waals surface area contributed by atoms with Crippen LogP contribution < -0.4 is 4.74 Å². The summed E-state index contributed by atoms with van der Waals surface area (Å²) in [6, 6.07) is 27.1. The van der Waals surface area contributed by atoms with Crippen LogP contribution in [0.5, 0.6) is 5.75 Å². The second-order valence-corrected chi connectivity index (χ2v) is 10.2. The monoisotopic (exact) mass is 456 g/mol. The molecule has 1 aliphatic heterocycles. The summed E-state index contributed by atoms with van der Waals surface area (Å²) >= 11 is 0. The fourth-order valence-electron chi connectivity index (χ4n) is 4.79. The molecule has 1 aliphatic rings. The van der Waals surface area contributed by atoms with Crippen molar-refractivity contribution in [2.45, 2.75) is 51.2 Å². The lowest BCUT2D eigenvalue weighted by Gasteiger charge is -2.30. The molecule has 0 N–H and O–H groups in total. The van der Waals surface area contributed by atoms with Crippen molar-refractivity contribution in [1.29, 1.82) is 0 Å². The van der Waals surface area contributed by atoms with E-state index in [0.29, 0.717) is 13.0 Å². The van der Waals surface area contributed by atoms with E-state index in [2.05, 4.69) is 86.1 Å². The number of amides is 1. The van der Waals surface area contributed by atoms with Crippen LogP contribution in [0.3, 0.4) is 0 Å². The van der Waals surface area contributed by atoms with E-state index in [0.717, 1.165) is 17.7 Å². The molecule has 0 unspecified atom stereocenters. The Morgan fingerprint density at radius 2 is 1.50 bits per heavy atom. The third-order valence-corrected chi connectivity index (χ3v) is 6.89. The van der Waals surface area contributed by atoms with Gasteiger partial charge in [0.15, 0.2) is 0 Å². The summed E-state index contributed by atoms with van der Waals surface area (Å²) in [7, 11) is 3.76. The first-order valence-electron chi connectivity index (χ1n) is 12.1. The Bertz CT molecular complexity index is 1090. The highest BCUT2D eigenvalue weighted by Gasteiger charge is 2.44. The van der Waals surface area contributed by atoms with Crippen LogP contribution in [0.4, 0.5) is 0 Å². The first kappa shape index (κ1) is 24.0. The molecule has 0 radical (unpaired) electrons. The molecule has 0 spiro atoms. The smallest absolute Gasteiger partial charge is 0.241 e. The standard InChI is InChI=1S/C30H36N2O2/c1-30(2,3)25-15-13-24(14-16-25)28-31(4)27(21-23-9-7-6-8-10-23)29(33)32(28)20-19-22-11-17-26(34-5)18-12-22/h6-18,27-28H,19-21H2,1-5H3/t27-,28+/m0/s1. The number of hydrogen-bond donors (Lipinski definition) is 0. The zero-order valence-electron chi connectivity index (χ0n) is 21.0. The number of carbonyl (C=O) groups is 1. The number of carbonyl (C=O) groups excluding carboxylic acids is 1. The van der Waals surface area contributed by atoms with Crippen molar-refractivity contribution < 1.29 is 9.53 Å². The minimum absolute atomic E-state index is 0.0755. The Morgan fingerprint density at radius 3 is 2.09 bits per heavy atom. The van der Waals surface area contributed by atoms with Gasteiger partial charge in [0.25, 0.3) is 0 Å². The lowest BCUT2D eigenvalue weighted by molar-refractivity contribution is -0.130. The van der Waals surface area contributed by atoms with Gasteiger partial charge in [-0.25, -0.2) is 0 Å². The van der Waals surface area contributed by atoms with Gasteiger partial charge in [0, 0.05) is 6.54 Å². The first-order valence-corrected chi connectivity index (χ1v) is 12.1. The van der Waals surface area contributed by atoms with E-state index in [1.165, 1.54) is 16.7 Å². The molecule has 178 valence electrons. The molecule has 4 rings (SSSR count). The number of benzene rings is 3. The molecule has 0 aromatic heterocycles. The molecule has 1 heterocycles. The highest BCUT2D eigenvalue weighted by molar-refractivity contribution is 5.85. The highest BCUT2D eigenvalue weighted by atomic mass is 16.5. The van der Waals surface area contributed by atoms with Gasteiger partial charge in [-0.2, -0.15) is 0 Å². The van der Waals surface area contributed by atoms with E-state index in [1.54, 1.807) is 7.11 Å². The quantitative estimate of drug-likeness (QED) is 0.463. The van der Waals surface area contributed by atoms with Crippen LogP contribution in [0.15, 0.2) is 78.9 Å². The summed E-state index contributed by atoms with van der Waals surface area (Å²) < 4.78 is 5.29. The van der Waals surface area contributed by atoms with E-state index in [1.807, 2.05) is 30.3 Å². The molecular formula is C30H36N2O2. The third-order valence-electron chi connectivity index (χ3n) is 6.89. The largest absolute Gasteiger partial charge is 0.497 e. The van der Waals surface area contributed by atoms with Gasteiger partial charge in [-0.15, -0.1) is 0 Å². The molecule has 4 nitrogen and oxygen atoms in total. The second-order valence-electron chi connectivity index (χ2n) is 10.2. The van der Waals surface area contributed by atoms with Crippen LogP contribution in [0.25, 0.3) is 0 Å². The van der Waals surface area contributed by atoms with Gasteiger partial charge in [0.1, 0.15) is 11.9 Å². The first-order chi connectivity index (χ1) is 16.3. The lowest BCUT2D eigenvalue weighted by Crippen LogP contribution is -2.33. The fraction of sp³-hybridized carbons (Fsp3) is 0.367. The van der Waals surface area contributed by atoms with Crippen molar-refractivity contribution >= 4 is 5.91 Å². The molecule has 0 bridgehead atoms. The van der Waals surface area contributed by atoms with E-state index < -0.39 is 0 Å². The maximum absolute atomic E-state index is 13.7. The maximum atomic E-state index is 13.7. The number of hydrogen-bond acceptors (Lipinski definition) is 3. The van der Waals surface area contributed by atoms with Crippen LogP contribution in [0.2, 0.25) is 0 Å². The number of rotatable bonds is 7. The van der Waals surface area contributed by atoms with E-state index in [-0.39, 0.29) is 23.5 Å². The molecule has 3 aromatic carbocycles. The van der Waals surface area contributed by atoms with Crippen LogP contribution >= 0.6 is 0 Å². The van der Waals surface area contributed by atoms with Crippen molar-refractivity contribution in [2.24, 2.45) is 0 Å². The molecule has 3 aromatic rings. The Balaban J connectivity index is 1.60. The van der Waals surface area contributed by atoms with E-state index in [4.69, 9.17) is 4.74 Å². The summed E-state index contributed by atoms with van der Waals surface area (Å²) in [4.78, 5) is 18.0. The molecule has 4 heteroatoms. The van der Waals surface area contributed by atoms with Gasteiger partial charge in [-0.3, -0.25) is 9.69 Å². The normalized spacial score (nSPS) is 19.0. The fourth-order valence-corrected chi connectivity index (χ4v) is 4.79. The number of likely N-dealkylation sites (N-methyl/N-ethyl adjacent to an activating group) is 1. The van der Waals surface area contributed by atoms with Gasteiger partial charge in [0.05, 0.1) is 13.2 Å². The van der Waals surface area contributed by atoms with Crippen molar-refractivity contribution in [2.75, 3.05) is 20.7 Å². The van der Waals surface area contributed by atoms with Crippen molar-refractivity contribution in [3.8, 4) is 5.75 Å². The average molecular weight is 457 g/mol. The average Bonchev–Trinajstić information content (AvgIpc) is 3.07. The molecule has 1 fully saturated rings. The predicted octanol–water partition coefficient (Wildman–Crippen LogP) is 5.62. The molecule has 1 saturated heterocycles. The number of ether oxygens (including phenoxy) is 1.